The number of fused-ring (bicyclic) bond motifs is 1. The number of hydrogen-bond acceptors (Lipinski definition) is 10. The molecule has 2 aliphatic heterocycles. The van der Waals surface area contributed by atoms with Crippen molar-refractivity contribution in [2.75, 3.05) is 65.8 Å². The molecule has 11 nitrogen and oxygen atoms in total. The predicted octanol–water partition coefficient (Wildman–Crippen LogP) is 2.68. The number of amides is 1. The third-order valence-electron chi connectivity index (χ3n) is 7.59. The van der Waals surface area contributed by atoms with E-state index < -0.39 is 23.3 Å². The van der Waals surface area contributed by atoms with Crippen LogP contribution in [0.15, 0.2) is 41.1 Å². The lowest BCUT2D eigenvalue weighted by Crippen LogP contribution is -2.49. The summed E-state index contributed by atoms with van der Waals surface area (Å²) in [7, 11) is 0. The van der Waals surface area contributed by atoms with E-state index >= 15 is 0 Å². The van der Waals surface area contributed by atoms with Gasteiger partial charge >= 0.3 is 6.09 Å². The van der Waals surface area contributed by atoms with E-state index in [9.17, 15) is 20.6 Å². The fourth-order valence-electron chi connectivity index (χ4n) is 5.64. The van der Waals surface area contributed by atoms with E-state index in [0.717, 1.165) is 19.6 Å². The van der Waals surface area contributed by atoms with Crippen LogP contribution in [0, 0.1) is 45.3 Å². The minimum Gasteiger partial charge on any atom is -0.490 e. The van der Waals surface area contributed by atoms with Crippen LogP contribution in [0.4, 0.5) is 4.79 Å². The molecule has 3 aliphatic rings. The van der Waals surface area contributed by atoms with E-state index in [1.165, 1.54) is 4.90 Å². The molecule has 4 rings (SSSR count). The van der Waals surface area contributed by atoms with Gasteiger partial charge in [0.25, 0.3) is 0 Å². The first-order valence-electron chi connectivity index (χ1n) is 13.5. The summed E-state index contributed by atoms with van der Waals surface area (Å²) in [5, 5.41) is 30.7. The van der Waals surface area contributed by atoms with Crippen LogP contribution in [0.1, 0.15) is 25.3 Å². The molecule has 2 atom stereocenters. The number of carbonyl (C=O) groups excluding carboxylic acids is 1. The summed E-state index contributed by atoms with van der Waals surface area (Å²) in [5.41, 5.74) is 5.86. The first kappa shape index (κ1) is 28.8. The Bertz CT molecular complexity index is 1280. The van der Waals surface area contributed by atoms with E-state index in [1.807, 2.05) is 6.92 Å². The number of morpholine rings is 1. The highest BCUT2D eigenvalue weighted by Crippen LogP contribution is 2.55. The molecule has 1 amide bonds. The van der Waals surface area contributed by atoms with Crippen LogP contribution in [0.5, 0.6) is 11.5 Å². The smallest absolute Gasteiger partial charge is 0.410 e. The topological polar surface area (TPSA) is 158 Å². The molecule has 2 unspecified atom stereocenters. The molecule has 1 aromatic rings. The molecule has 0 radical (unpaired) electrons. The van der Waals surface area contributed by atoms with Gasteiger partial charge in [-0.25, -0.2) is 4.79 Å². The molecular weight excluding hydrogens is 512 g/mol. The maximum absolute atomic E-state index is 12.6. The zero-order valence-corrected chi connectivity index (χ0v) is 22.9. The van der Waals surface area contributed by atoms with E-state index in [0.29, 0.717) is 49.1 Å². The molecule has 0 bridgehead atoms. The van der Waals surface area contributed by atoms with Gasteiger partial charge in [-0.2, -0.15) is 15.8 Å². The second kappa shape index (κ2) is 12.7. The number of rotatable bonds is 8. The van der Waals surface area contributed by atoms with Crippen molar-refractivity contribution in [1.82, 2.24) is 9.80 Å². The van der Waals surface area contributed by atoms with Crippen molar-refractivity contribution in [3.05, 3.63) is 46.7 Å². The Morgan fingerprint density at radius 1 is 1.12 bits per heavy atom. The lowest BCUT2D eigenvalue weighted by Gasteiger charge is -2.45. The highest BCUT2D eigenvalue weighted by atomic mass is 16.6. The van der Waals surface area contributed by atoms with Crippen molar-refractivity contribution >= 4 is 6.09 Å². The Hall–Kier alpha value is -4.24. The Morgan fingerprint density at radius 3 is 2.52 bits per heavy atom. The van der Waals surface area contributed by atoms with Crippen molar-refractivity contribution < 1.29 is 23.7 Å². The quantitative estimate of drug-likeness (QED) is 0.514. The van der Waals surface area contributed by atoms with Crippen LogP contribution in [0.2, 0.25) is 0 Å². The van der Waals surface area contributed by atoms with Crippen LogP contribution in [0.3, 0.4) is 0 Å². The summed E-state index contributed by atoms with van der Waals surface area (Å²) in [4.78, 5) is 16.4. The van der Waals surface area contributed by atoms with E-state index in [2.05, 4.69) is 23.1 Å². The molecule has 1 aromatic carbocycles. The fourth-order valence-corrected chi connectivity index (χ4v) is 5.64. The van der Waals surface area contributed by atoms with Crippen molar-refractivity contribution in [2.45, 2.75) is 19.8 Å². The molecule has 0 saturated carbocycles. The highest BCUT2D eigenvalue weighted by Gasteiger charge is 2.55. The van der Waals surface area contributed by atoms with Crippen LogP contribution in [0.25, 0.3) is 0 Å². The van der Waals surface area contributed by atoms with Crippen LogP contribution in [-0.2, 0) is 9.47 Å². The predicted molar refractivity (Wildman–Crippen MR) is 144 cm³/mol. The number of nitriles is 3. The SMILES string of the molecule is CCOC(=O)N1CC=C2C(C#N)=C(N)C(C#N)(C#N)C(c3ccc(OCCN4CCOCC4)c(OCC)c3)C2C1. The molecule has 1 saturated heterocycles. The maximum atomic E-state index is 12.6. The van der Waals surface area contributed by atoms with Gasteiger partial charge in [0.05, 0.1) is 49.8 Å². The summed E-state index contributed by atoms with van der Waals surface area (Å²) < 4.78 is 22.6. The van der Waals surface area contributed by atoms with Gasteiger partial charge in [-0.1, -0.05) is 12.1 Å². The molecular formula is C29H34N6O5. The number of ether oxygens (including phenoxy) is 4. The largest absolute Gasteiger partial charge is 0.490 e. The third kappa shape index (κ3) is 5.42. The molecule has 2 N–H and O–H groups in total. The van der Waals surface area contributed by atoms with Gasteiger partial charge in [-0.15, -0.1) is 0 Å². The van der Waals surface area contributed by atoms with Crippen LogP contribution in [-0.4, -0.2) is 81.7 Å². The van der Waals surface area contributed by atoms with Crippen molar-refractivity contribution in [1.29, 1.82) is 15.8 Å². The van der Waals surface area contributed by atoms with Gasteiger partial charge in [0, 0.05) is 44.6 Å². The Labute approximate surface area is 234 Å². The van der Waals surface area contributed by atoms with E-state index in [-0.39, 0.29) is 31.0 Å². The molecule has 40 heavy (non-hydrogen) atoms. The molecule has 1 fully saturated rings. The normalized spacial score (nSPS) is 22.2. The van der Waals surface area contributed by atoms with Crippen LogP contribution < -0.4 is 15.2 Å². The average molecular weight is 547 g/mol. The summed E-state index contributed by atoms with van der Waals surface area (Å²) in [6, 6.07) is 11.7. The Balaban J connectivity index is 1.73. The van der Waals surface area contributed by atoms with Gasteiger partial charge in [-0.05, 0) is 37.1 Å². The fraction of sp³-hybridized carbons (Fsp3) is 0.517. The van der Waals surface area contributed by atoms with Gasteiger partial charge in [0.1, 0.15) is 12.7 Å². The number of nitrogens with two attached hydrogens (primary N) is 1. The Kier molecular flexibility index (Phi) is 9.16. The van der Waals surface area contributed by atoms with E-state index in [1.54, 1.807) is 31.2 Å². The highest BCUT2D eigenvalue weighted by molar-refractivity contribution is 5.69. The molecule has 0 aromatic heterocycles. The molecule has 210 valence electrons. The maximum Gasteiger partial charge on any atom is 0.410 e. The van der Waals surface area contributed by atoms with Crippen molar-refractivity contribution in [3.8, 4) is 29.7 Å². The molecule has 0 spiro atoms. The van der Waals surface area contributed by atoms with Gasteiger partial charge in [0.15, 0.2) is 16.9 Å². The first-order valence-corrected chi connectivity index (χ1v) is 13.5. The number of nitrogens with zero attached hydrogens (tertiary/aromatic N) is 5. The second-order valence-corrected chi connectivity index (χ2v) is 9.72. The zero-order chi connectivity index (χ0) is 28.7. The third-order valence-corrected chi connectivity index (χ3v) is 7.59. The number of carbonyl (C=O) groups is 1. The summed E-state index contributed by atoms with van der Waals surface area (Å²) in [6.45, 7) is 8.85. The lowest BCUT2D eigenvalue weighted by atomic mass is 9.58. The first-order chi connectivity index (χ1) is 19.4. The second-order valence-electron chi connectivity index (χ2n) is 9.72. The molecule has 11 heteroatoms. The summed E-state index contributed by atoms with van der Waals surface area (Å²) in [6.07, 6.45) is 1.26. The molecule has 2 heterocycles. The monoisotopic (exact) mass is 546 g/mol. The average Bonchev–Trinajstić information content (AvgIpc) is 2.98. The summed E-state index contributed by atoms with van der Waals surface area (Å²) in [5.74, 6) is -0.321. The number of benzene rings is 1. The van der Waals surface area contributed by atoms with E-state index in [4.69, 9.17) is 24.7 Å². The van der Waals surface area contributed by atoms with Gasteiger partial charge in [-0.3, -0.25) is 4.90 Å². The van der Waals surface area contributed by atoms with Crippen molar-refractivity contribution in [2.24, 2.45) is 17.1 Å². The minimum absolute atomic E-state index is 0.0825. The van der Waals surface area contributed by atoms with Gasteiger partial charge in [0.2, 0.25) is 0 Å². The van der Waals surface area contributed by atoms with Crippen molar-refractivity contribution in [3.63, 3.8) is 0 Å². The molecule has 1 aliphatic carbocycles. The number of hydrogen-bond donors (Lipinski definition) is 1. The standard InChI is InChI=1S/C29H34N6O5/c1-3-38-25-15-20(5-6-24(25)40-14-11-34-9-12-37-13-10-34)26-23-17-35(28(36)39-4-2)8-7-21(23)22(16-30)27(33)29(26,18-31)19-32/h5-7,15,23,26H,3-4,8-14,17,33H2,1-2H3. The summed E-state index contributed by atoms with van der Waals surface area (Å²) >= 11 is 0. The van der Waals surface area contributed by atoms with Crippen LogP contribution >= 0.6 is 0 Å². The lowest BCUT2D eigenvalue weighted by molar-refractivity contribution is 0.0321. The Morgan fingerprint density at radius 2 is 1.88 bits per heavy atom. The minimum atomic E-state index is -1.84. The zero-order valence-electron chi connectivity index (χ0n) is 22.9. The number of allylic oxidation sites excluding steroid dienone is 2. The van der Waals surface area contributed by atoms with Gasteiger partial charge < -0.3 is 29.6 Å².